The summed E-state index contributed by atoms with van der Waals surface area (Å²) in [7, 11) is 1.77. The predicted octanol–water partition coefficient (Wildman–Crippen LogP) is 0.751. The molecular weight excluding hydrogens is 152 g/mol. The number of rotatable bonds is 1. The summed E-state index contributed by atoms with van der Waals surface area (Å²) in [5.41, 5.74) is 7.11. The lowest BCUT2D eigenvalue weighted by Crippen LogP contribution is -1.97. The number of anilines is 1. The fourth-order valence-electron chi connectivity index (χ4n) is 1.32. The molecule has 1 aromatic rings. The van der Waals surface area contributed by atoms with Gasteiger partial charge in [-0.05, 0) is 12.8 Å². The summed E-state index contributed by atoms with van der Waals surface area (Å²) < 4.78 is 1.58. The van der Waals surface area contributed by atoms with Crippen molar-refractivity contribution < 1.29 is 0 Å². The minimum Gasteiger partial charge on any atom is -0.383 e. The van der Waals surface area contributed by atoms with Crippen molar-refractivity contribution in [3.63, 3.8) is 0 Å². The monoisotopic (exact) mass is 162 g/mol. The number of aryl methyl sites for hydroxylation is 1. The Kier molecular flexibility index (Phi) is 1.34. The van der Waals surface area contributed by atoms with Crippen LogP contribution < -0.4 is 5.73 Å². The van der Waals surface area contributed by atoms with Crippen LogP contribution >= 0.6 is 0 Å². The molecule has 4 heteroatoms. The first kappa shape index (κ1) is 7.17. The fourth-order valence-corrected chi connectivity index (χ4v) is 1.32. The van der Waals surface area contributed by atoms with Crippen molar-refractivity contribution in [1.29, 1.82) is 5.26 Å². The SMILES string of the molecule is Cn1nc(C2CC2)c(C#N)c1N. The molecule has 0 bridgehead atoms. The van der Waals surface area contributed by atoms with E-state index in [9.17, 15) is 0 Å². The highest BCUT2D eigenvalue weighted by Crippen LogP contribution is 2.41. The zero-order valence-electron chi connectivity index (χ0n) is 6.91. The molecule has 0 amide bonds. The summed E-state index contributed by atoms with van der Waals surface area (Å²) in [4.78, 5) is 0. The second kappa shape index (κ2) is 2.24. The van der Waals surface area contributed by atoms with E-state index in [-0.39, 0.29) is 0 Å². The molecule has 0 aromatic carbocycles. The van der Waals surface area contributed by atoms with E-state index in [1.54, 1.807) is 11.7 Å². The molecular formula is C8H10N4. The van der Waals surface area contributed by atoms with E-state index >= 15 is 0 Å². The van der Waals surface area contributed by atoms with Crippen LogP contribution in [-0.2, 0) is 7.05 Å². The Morgan fingerprint density at radius 1 is 1.67 bits per heavy atom. The number of nitrogens with zero attached hydrogens (tertiary/aromatic N) is 3. The maximum Gasteiger partial charge on any atom is 0.139 e. The molecule has 2 N–H and O–H groups in total. The number of nitriles is 1. The van der Waals surface area contributed by atoms with Gasteiger partial charge in [-0.2, -0.15) is 10.4 Å². The minimum atomic E-state index is 0.486. The Balaban J connectivity index is 2.54. The van der Waals surface area contributed by atoms with Gasteiger partial charge in [-0.25, -0.2) is 0 Å². The van der Waals surface area contributed by atoms with Gasteiger partial charge in [0.2, 0.25) is 0 Å². The van der Waals surface area contributed by atoms with E-state index in [1.165, 1.54) is 0 Å². The first-order valence-electron chi connectivity index (χ1n) is 3.96. The van der Waals surface area contributed by atoms with Gasteiger partial charge in [-0.15, -0.1) is 0 Å². The number of nitrogens with two attached hydrogens (primary N) is 1. The summed E-state index contributed by atoms with van der Waals surface area (Å²) in [5.74, 6) is 0.975. The summed E-state index contributed by atoms with van der Waals surface area (Å²) >= 11 is 0. The van der Waals surface area contributed by atoms with E-state index in [4.69, 9.17) is 11.0 Å². The summed E-state index contributed by atoms with van der Waals surface area (Å²) in [5, 5.41) is 13.0. The lowest BCUT2D eigenvalue weighted by Gasteiger charge is -1.89. The Hall–Kier alpha value is -1.50. The molecule has 1 saturated carbocycles. The Morgan fingerprint density at radius 3 is 2.83 bits per heavy atom. The summed E-state index contributed by atoms with van der Waals surface area (Å²) in [6.45, 7) is 0. The Bertz CT molecular complexity index is 354. The van der Waals surface area contributed by atoms with Gasteiger partial charge >= 0.3 is 0 Å². The van der Waals surface area contributed by atoms with Crippen LogP contribution in [0, 0.1) is 11.3 Å². The molecule has 0 saturated heterocycles. The standard InChI is InChI=1S/C8H10N4/c1-12-8(10)6(4-9)7(11-12)5-2-3-5/h5H,2-3,10H2,1H3. The highest BCUT2D eigenvalue weighted by Gasteiger charge is 2.30. The Morgan fingerprint density at radius 2 is 2.33 bits per heavy atom. The maximum absolute atomic E-state index is 8.81. The van der Waals surface area contributed by atoms with Gasteiger partial charge in [0.25, 0.3) is 0 Å². The quantitative estimate of drug-likeness (QED) is 0.662. The van der Waals surface area contributed by atoms with Gasteiger partial charge in [0.1, 0.15) is 17.5 Å². The molecule has 1 aliphatic rings. The van der Waals surface area contributed by atoms with Crippen molar-refractivity contribution in [2.45, 2.75) is 18.8 Å². The predicted molar refractivity (Wildman–Crippen MR) is 44.3 cm³/mol. The zero-order chi connectivity index (χ0) is 8.72. The van der Waals surface area contributed by atoms with Gasteiger partial charge < -0.3 is 5.73 Å². The third-order valence-corrected chi connectivity index (χ3v) is 2.19. The molecule has 1 fully saturated rings. The fraction of sp³-hybridized carbons (Fsp3) is 0.500. The molecule has 1 heterocycles. The van der Waals surface area contributed by atoms with Crippen LogP contribution in [0.3, 0.4) is 0 Å². The summed E-state index contributed by atoms with van der Waals surface area (Å²) in [6, 6.07) is 2.10. The van der Waals surface area contributed by atoms with Crippen molar-refractivity contribution >= 4 is 5.82 Å². The van der Waals surface area contributed by atoms with Crippen molar-refractivity contribution in [1.82, 2.24) is 9.78 Å². The first-order chi connectivity index (χ1) is 5.74. The van der Waals surface area contributed by atoms with Gasteiger partial charge in [0, 0.05) is 13.0 Å². The smallest absolute Gasteiger partial charge is 0.139 e. The maximum atomic E-state index is 8.81. The highest BCUT2D eigenvalue weighted by atomic mass is 15.3. The molecule has 62 valence electrons. The zero-order valence-corrected chi connectivity index (χ0v) is 6.91. The number of nitrogen functional groups attached to an aromatic ring is 1. The van der Waals surface area contributed by atoms with E-state index in [0.29, 0.717) is 17.3 Å². The lowest BCUT2D eigenvalue weighted by molar-refractivity contribution is 0.753. The number of aromatic nitrogens is 2. The molecule has 0 radical (unpaired) electrons. The second-order valence-electron chi connectivity index (χ2n) is 3.16. The topological polar surface area (TPSA) is 67.6 Å². The molecule has 12 heavy (non-hydrogen) atoms. The molecule has 4 nitrogen and oxygen atoms in total. The third-order valence-electron chi connectivity index (χ3n) is 2.19. The average Bonchev–Trinajstić information content (AvgIpc) is 2.82. The van der Waals surface area contributed by atoms with Gasteiger partial charge in [0.05, 0.1) is 5.69 Å². The van der Waals surface area contributed by atoms with Crippen molar-refractivity contribution in [3.05, 3.63) is 11.3 Å². The van der Waals surface area contributed by atoms with Crippen LogP contribution in [0.1, 0.15) is 30.0 Å². The Labute approximate surface area is 70.6 Å². The second-order valence-corrected chi connectivity index (χ2v) is 3.16. The van der Waals surface area contributed by atoms with E-state index in [2.05, 4.69) is 11.2 Å². The van der Waals surface area contributed by atoms with Gasteiger partial charge in [0.15, 0.2) is 0 Å². The third kappa shape index (κ3) is 0.866. The minimum absolute atomic E-state index is 0.486. The van der Waals surface area contributed by atoms with Crippen LogP contribution in [-0.4, -0.2) is 9.78 Å². The van der Waals surface area contributed by atoms with Crippen molar-refractivity contribution in [2.75, 3.05) is 5.73 Å². The van der Waals surface area contributed by atoms with Crippen LogP contribution in [0.15, 0.2) is 0 Å². The van der Waals surface area contributed by atoms with Crippen molar-refractivity contribution in [3.8, 4) is 6.07 Å². The lowest BCUT2D eigenvalue weighted by atomic mass is 10.2. The first-order valence-corrected chi connectivity index (χ1v) is 3.96. The number of hydrogen-bond acceptors (Lipinski definition) is 3. The van der Waals surface area contributed by atoms with Crippen LogP contribution in [0.2, 0.25) is 0 Å². The van der Waals surface area contributed by atoms with Crippen LogP contribution in [0.5, 0.6) is 0 Å². The molecule has 0 unspecified atom stereocenters. The van der Waals surface area contributed by atoms with Gasteiger partial charge in [-0.3, -0.25) is 4.68 Å². The molecule has 1 aromatic heterocycles. The molecule has 0 atom stereocenters. The normalized spacial score (nSPS) is 16.0. The van der Waals surface area contributed by atoms with E-state index < -0.39 is 0 Å². The number of hydrogen-bond donors (Lipinski definition) is 1. The van der Waals surface area contributed by atoms with Crippen LogP contribution in [0.4, 0.5) is 5.82 Å². The molecule has 0 spiro atoms. The van der Waals surface area contributed by atoms with E-state index in [0.717, 1.165) is 18.5 Å². The van der Waals surface area contributed by atoms with Crippen molar-refractivity contribution in [2.24, 2.45) is 7.05 Å². The highest BCUT2D eigenvalue weighted by molar-refractivity contribution is 5.53. The summed E-state index contributed by atoms with van der Waals surface area (Å²) in [6.07, 6.45) is 2.29. The molecule has 0 aliphatic heterocycles. The van der Waals surface area contributed by atoms with E-state index in [1.807, 2.05) is 0 Å². The molecule has 1 aliphatic carbocycles. The van der Waals surface area contributed by atoms with Crippen LogP contribution in [0.25, 0.3) is 0 Å². The molecule has 2 rings (SSSR count). The van der Waals surface area contributed by atoms with Gasteiger partial charge in [-0.1, -0.05) is 0 Å². The average molecular weight is 162 g/mol. The largest absolute Gasteiger partial charge is 0.383 e.